The van der Waals surface area contributed by atoms with Crippen LogP contribution in [0.4, 0.5) is 11.8 Å². The van der Waals surface area contributed by atoms with Crippen molar-refractivity contribution >= 4 is 11.8 Å². The molecule has 0 radical (unpaired) electrons. The Morgan fingerprint density at radius 1 is 0.828 bits per heavy atom. The highest BCUT2D eigenvalue weighted by Gasteiger charge is 2.05. The third-order valence-electron chi connectivity index (χ3n) is 4.34. The predicted octanol–water partition coefficient (Wildman–Crippen LogP) is 3.16. The van der Waals surface area contributed by atoms with Crippen LogP contribution in [0.5, 0.6) is 17.2 Å². The summed E-state index contributed by atoms with van der Waals surface area (Å²) in [4.78, 5) is 4.45. The monoisotopic (exact) mass is 395 g/mol. The van der Waals surface area contributed by atoms with Crippen molar-refractivity contribution in [1.29, 1.82) is 0 Å². The van der Waals surface area contributed by atoms with Crippen molar-refractivity contribution in [2.75, 3.05) is 38.5 Å². The van der Waals surface area contributed by atoms with Crippen molar-refractivity contribution in [2.24, 2.45) is 0 Å². The Morgan fingerprint density at radius 2 is 1.59 bits per heavy atom. The molecular formula is C21H25N5O3. The molecule has 8 nitrogen and oxygen atoms in total. The van der Waals surface area contributed by atoms with Crippen molar-refractivity contribution in [1.82, 2.24) is 15.2 Å². The third kappa shape index (κ3) is 5.71. The van der Waals surface area contributed by atoms with Gasteiger partial charge in [-0.25, -0.2) is 0 Å². The number of benzene rings is 2. The van der Waals surface area contributed by atoms with Gasteiger partial charge in [0, 0.05) is 13.1 Å². The first kappa shape index (κ1) is 20.2. The lowest BCUT2D eigenvalue weighted by atomic mass is 10.1. The van der Waals surface area contributed by atoms with E-state index in [2.05, 4.69) is 25.8 Å². The topological polar surface area (TPSA) is 90.4 Å². The smallest absolute Gasteiger partial charge is 0.244 e. The van der Waals surface area contributed by atoms with Gasteiger partial charge in [0.2, 0.25) is 5.95 Å². The molecule has 3 aromatic rings. The average Bonchev–Trinajstić information content (AvgIpc) is 2.78. The number of methoxy groups -OCH3 is 3. The minimum Gasteiger partial charge on any atom is -0.497 e. The summed E-state index contributed by atoms with van der Waals surface area (Å²) in [6.07, 6.45) is 2.39. The van der Waals surface area contributed by atoms with Crippen molar-refractivity contribution < 1.29 is 14.2 Å². The van der Waals surface area contributed by atoms with Gasteiger partial charge >= 0.3 is 0 Å². The molecule has 1 heterocycles. The number of nitrogens with one attached hydrogen (secondary N) is 2. The molecule has 0 saturated heterocycles. The molecule has 0 fully saturated rings. The van der Waals surface area contributed by atoms with Crippen molar-refractivity contribution in [3.8, 4) is 17.2 Å². The van der Waals surface area contributed by atoms with Gasteiger partial charge in [-0.2, -0.15) is 10.1 Å². The van der Waals surface area contributed by atoms with E-state index in [1.807, 2.05) is 42.5 Å². The van der Waals surface area contributed by atoms with Crippen LogP contribution < -0.4 is 24.8 Å². The lowest BCUT2D eigenvalue weighted by Gasteiger charge is -2.10. The summed E-state index contributed by atoms with van der Waals surface area (Å²) in [7, 11) is 4.91. The van der Waals surface area contributed by atoms with Gasteiger partial charge in [-0.3, -0.25) is 0 Å². The molecule has 2 aromatic carbocycles. The standard InChI is InChI=1S/C21H25N5O3/c1-27-17-7-4-16(5-8-17)13-23-20-14-24-26-21(25-20)22-11-10-15-6-9-18(28-2)19(12-15)29-3/h4-9,12,14H,10-11,13H2,1-3H3,(H2,22,23,25,26). The molecule has 29 heavy (non-hydrogen) atoms. The van der Waals surface area contributed by atoms with Crippen LogP contribution in [0.2, 0.25) is 0 Å². The molecule has 8 heteroatoms. The van der Waals surface area contributed by atoms with E-state index in [0.717, 1.165) is 23.3 Å². The highest BCUT2D eigenvalue weighted by Crippen LogP contribution is 2.27. The van der Waals surface area contributed by atoms with Crippen LogP contribution in [0.1, 0.15) is 11.1 Å². The SMILES string of the molecule is COc1ccc(CNc2cnnc(NCCc3ccc(OC)c(OC)c3)n2)cc1. The summed E-state index contributed by atoms with van der Waals surface area (Å²) < 4.78 is 15.8. The normalized spacial score (nSPS) is 10.3. The first-order valence-corrected chi connectivity index (χ1v) is 9.23. The number of ether oxygens (including phenoxy) is 3. The largest absolute Gasteiger partial charge is 0.497 e. The summed E-state index contributed by atoms with van der Waals surface area (Å²) in [5.74, 6) is 3.40. The molecule has 1 aromatic heterocycles. The first-order valence-electron chi connectivity index (χ1n) is 9.23. The predicted molar refractivity (Wildman–Crippen MR) is 112 cm³/mol. The maximum Gasteiger partial charge on any atom is 0.244 e. The van der Waals surface area contributed by atoms with Crippen LogP contribution in [-0.2, 0) is 13.0 Å². The van der Waals surface area contributed by atoms with Crippen molar-refractivity contribution in [2.45, 2.75) is 13.0 Å². The molecule has 0 aliphatic carbocycles. The molecule has 0 amide bonds. The summed E-state index contributed by atoms with van der Waals surface area (Å²) in [6.45, 7) is 1.30. The Morgan fingerprint density at radius 3 is 2.31 bits per heavy atom. The number of hydrogen-bond acceptors (Lipinski definition) is 8. The minimum atomic E-state index is 0.477. The fraction of sp³-hybridized carbons (Fsp3) is 0.286. The number of anilines is 2. The van der Waals surface area contributed by atoms with Crippen molar-refractivity contribution in [3.63, 3.8) is 0 Å². The molecule has 3 rings (SSSR count). The lowest BCUT2D eigenvalue weighted by Crippen LogP contribution is -2.10. The fourth-order valence-electron chi connectivity index (χ4n) is 2.75. The van der Waals surface area contributed by atoms with Gasteiger partial charge in [0.15, 0.2) is 17.3 Å². The zero-order chi connectivity index (χ0) is 20.5. The van der Waals surface area contributed by atoms with E-state index in [1.165, 1.54) is 0 Å². The molecule has 0 saturated carbocycles. The maximum absolute atomic E-state index is 5.34. The molecule has 152 valence electrons. The van der Waals surface area contributed by atoms with E-state index in [0.29, 0.717) is 36.4 Å². The van der Waals surface area contributed by atoms with E-state index in [1.54, 1.807) is 27.5 Å². The van der Waals surface area contributed by atoms with E-state index in [9.17, 15) is 0 Å². The Labute approximate surface area is 170 Å². The quantitative estimate of drug-likeness (QED) is 0.541. The Hall–Kier alpha value is -3.55. The van der Waals surface area contributed by atoms with Gasteiger partial charge in [0.1, 0.15) is 5.75 Å². The minimum absolute atomic E-state index is 0.477. The molecular weight excluding hydrogens is 370 g/mol. The van der Waals surface area contributed by atoms with Gasteiger partial charge in [0.25, 0.3) is 0 Å². The van der Waals surface area contributed by atoms with Crippen LogP contribution in [-0.4, -0.2) is 43.1 Å². The lowest BCUT2D eigenvalue weighted by molar-refractivity contribution is 0.354. The Balaban J connectivity index is 1.51. The van der Waals surface area contributed by atoms with Crippen molar-refractivity contribution in [3.05, 3.63) is 59.8 Å². The molecule has 0 aliphatic rings. The molecule has 0 aliphatic heterocycles. The fourth-order valence-corrected chi connectivity index (χ4v) is 2.75. The van der Waals surface area contributed by atoms with E-state index >= 15 is 0 Å². The molecule has 0 unspecified atom stereocenters. The maximum atomic E-state index is 5.34. The zero-order valence-corrected chi connectivity index (χ0v) is 16.8. The van der Waals surface area contributed by atoms with E-state index in [4.69, 9.17) is 14.2 Å². The van der Waals surface area contributed by atoms with Gasteiger partial charge in [0.05, 0.1) is 27.5 Å². The second kappa shape index (κ2) is 10.1. The van der Waals surface area contributed by atoms with Gasteiger partial charge < -0.3 is 24.8 Å². The van der Waals surface area contributed by atoms with E-state index < -0.39 is 0 Å². The average molecular weight is 395 g/mol. The van der Waals surface area contributed by atoms with Gasteiger partial charge in [-0.1, -0.05) is 18.2 Å². The highest BCUT2D eigenvalue weighted by molar-refractivity contribution is 5.43. The van der Waals surface area contributed by atoms with Crippen LogP contribution in [0, 0.1) is 0 Å². The molecule has 0 atom stereocenters. The van der Waals surface area contributed by atoms with Crippen LogP contribution >= 0.6 is 0 Å². The van der Waals surface area contributed by atoms with E-state index in [-0.39, 0.29) is 0 Å². The van der Waals surface area contributed by atoms with Gasteiger partial charge in [-0.15, -0.1) is 5.10 Å². The number of hydrogen-bond donors (Lipinski definition) is 2. The number of rotatable bonds is 10. The van der Waals surface area contributed by atoms with Crippen LogP contribution in [0.25, 0.3) is 0 Å². The number of aromatic nitrogens is 3. The van der Waals surface area contributed by atoms with Crippen LogP contribution in [0.3, 0.4) is 0 Å². The van der Waals surface area contributed by atoms with Gasteiger partial charge in [-0.05, 0) is 41.8 Å². The molecule has 2 N–H and O–H groups in total. The zero-order valence-electron chi connectivity index (χ0n) is 16.8. The first-order chi connectivity index (χ1) is 14.2. The summed E-state index contributed by atoms with van der Waals surface area (Å²) in [5, 5.41) is 14.5. The second-order valence-corrected chi connectivity index (χ2v) is 6.23. The highest BCUT2D eigenvalue weighted by atomic mass is 16.5. The Bertz CT molecular complexity index is 918. The summed E-state index contributed by atoms with van der Waals surface area (Å²) in [5.41, 5.74) is 2.24. The molecule has 0 spiro atoms. The summed E-state index contributed by atoms with van der Waals surface area (Å²) >= 11 is 0. The van der Waals surface area contributed by atoms with Crippen LogP contribution in [0.15, 0.2) is 48.7 Å². The molecule has 0 bridgehead atoms. The summed E-state index contributed by atoms with van der Waals surface area (Å²) in [6, 6.07) is 13.7. The third-order valence-corrected chi connectivity index (χ3v) is 4.34. The Kier molecular flexibility index (Phi) is 7.05. The number of nitrogens with zero attached hydrogens (tertiary/aromatic N) is 3. The second-order valence-electron chi connectivity index (χ2n) is 6.23.